The summed E-state index contributed by atoms with van der Waals surface area (Å²) >= 11 is 0. The summed E-state index contributed by atoms with van der Waals surface area (Å²) in [5, 5.41) is 31.6. The van der Waals surface area contributed by atoms with Crippen LogP contribution in [0.2, 0.25) is 0 Å². The van der Waals surface area contributed by atoms with E-state index < -0.39 is 49.1 Å². The Kier molecular flexibility index (Phi) is 9.87. The van der Waals surface area contributed by atoms with Crippen molar-refractivity contribution in [3.63, 3.8) is 0 Å². The summed E-state index contributed by atoms with van der Waals surface area (Å²) in [7, 11) is -1.81. The Bertz CT molecular complexity index is 1050. The molecule has 0 saturated carbocycles. The van der Waals surface area contributed by atoms with Gasteiger partial charge in [0.25, 0.3) is 11.8 Å². The zero-order valence-electron chi connectivity index (χ0n) is 21.8. The number of carbonyl (C=O) groups is 2. The zero-order chi connectivity index (χ0) is 27.9. The van der Waals surface area contributed by atoms with Gasteiger partial charge in [-0.3, -0.25) is 9.69 Å². The van der Waals surface area contributed by atoms with E-state index in [1.165, 1.54) is 11.0 Å². The highest BCUT2D eigenvalue weighted by atomic mass is 19.3. The van der Waals surface area contributed by atoms with Crippen LogP contribution in [-0.4, -0.2) is 88.7 Å². The molecule has 2 heterocycles. The molecule has 1 aromatic carbocycles. The number of nitrogens with zero attached hydrogens (tertiary/aromatic N) is 3. The molecule has 2 aliphatic heterocycles. The normalized spacial score (nSPS) is 20.9. The Morgan fingerprint density at radius 1 is 1.29 bits per heavy atom. The summed E-state index contributed by atoms with van der Waals surface area (Å²) in [4.78, 5) is 28.8. The molecule has 0 radical (unpaired) electrons. The van der Waals surface area contributed by atoms with Crippen LogP contribution in [-0.2, 0) is 16.0 Å². The van der Waals surface area contributed by atoms with Gasteiger partial charge in [0.1, 0.15) is 18.2 Å². The average Bonchev–Trinajstić information content (AvgIpc) is 3.26. The predicted molar refractivity (Wildman–Crippen MR) is 137 cm³/mol. The van der Waals surface area contributed by atoms with E-state index in [4.69, 9.17) is 4.74 Å². The Morgan fingerprint density at radius 2 is 2.00 bits per heavy atom. The Labute approximate surface area is 222 Å². The smallest absolute Gasteiger partial charge is 0.447 e. The lowest BCUT2D eigenvalue weighted by atomic mass is 9.76. The van der Waals surface area contributed by atoms with E-state index in [9.17, 15) is 33.7 Å². The van der Waals surface area contributed by atoms with Crippen LogP contribution in [0, 0.1) is 11.3 Å². The molecule has 3 N–H and O–H groups in total. The second-order valence-electron chi connectivity index (χ2n) is 10.5. The van der Waals surface area contributed by atoms with Crippen LogP contribution in [0.1, 0.15) is 45.1 Å². The molecule has 206 valence electrons. The molecule has 2 saturated heterocycles. The number of piperidine rings is 1. The fourth-order valence-corrected chi connectivity index (χ4v) is 4.87. The third-order valence-corrected chi connectivity index (χ3v) is 7.09. The first kappa shape index (κ1) is 29.5. The van der Waals surface area contributed by atoms with Gasteiger partial charge in [-0.2, -0.15) is 5.26 Å². The number of rotatable bonds is 9. The van der Waals surface area contributed by atoms with Gasteiger partial charge in [-0.1, -0.05) is 30.3 Å². The number of hydrogen-bond acceptors (Lipinski definition) is 7. The number of nitriles is 1. The van der Waals surface area contributed by atoms with Gasteiger partial charge in [0, 0.05) is 25.0 Å². The van der Waals surface area contributed by atoms with Gasteiger partial charge >= 0.3 is 13.2 Å². The minimum Gasteiger partial charge on any atom is -0.447 e. The fraction of sp³-hybridized carbons (Fsp3) is 0.577. The van der Waals surface area contributed by atoms with E-state index in [0.29, 0.717) is 19.4 Å². The molecule has 2 fully saturated rings. The van der Waals surface area contributed by atoms with E-state index in [1.54, 1.807) is 43.0 Å². The van der Waals surface area contributed by atoms with Crippen LogP contribution in [0.15, 0.2) is 42.0 Å². The molecular formula is C26H35BF2N4O5. The standard InChI is InChI=1S/C26H35BF2N4O5/c1-25(2,32-13-11-26(28,29)18-32)15-20(16-30)23(34)33-12-7-6-10-21(33)17-38-24(35)31-22(27(36)37)14-19-8-4-3-5-9-19/h3-5,8-9,15,21-22,36-37H,6-7,10-14,17-18H2,1-2H3,(H,31,35)/b20-15-/t21?,22-/m0/s1. The van der Waals surface area contributed by atoms with Gasteiger partial charge in [-0.25, -0.2) is 13.6 Å². The van der Waals surface area contributed by atoms with E-state index >= 15 is 0 Å². The van der Waals surface area contributed by atoms with Gasteiger partial charge in [-0.15, -0.1) is 0 Å². The number of halogens is 2. The number of carbonyl (C=O) groups excluding carboxylic acids is 2. The monoisotopic (exact) mass is 532 g/mol. The molecule has 38 heavy (non-hydrogen) atoms. The second kappa shape index (κ2) is 12.7. The van der Waals surface area contributed by atoms with Crippen molar-refractivity contribution in [1.29, 1.82) is 5.26 Å². The van der Waals surface area contributed by atoms with Gasteiger partial charge in [0.05, 0.1) is 18.5 Å². The molecule has 0 aliphatic carbocycles. The predicted octanol–water partition coefficient (Wildman–Crippen LogP) is 2.29. The maximum absolute atomic E-state index is 13.8. The van der Waals surface area contributed by atoms with Crippen molar-refractivity contribution in [2.45, 2.75) is 69.4 Å². The van der Waals surface area contributed by atoms with E-state index in [-0.39, 0.29) is 31.6 Å². The fourth-order valence-electron chi connectivity index (χ4n) is 4.87. The lowest BCUT2D eigenvalue weighted by Gasteiger charge is -2.36. The van der Waals surface area contributed by atoms with Crippen molar-refractivity contribution in [2.24, 2.45) is 0 Å². The van der Waals surface area contributed by atoms with Gasteiger partial charge < -0.3 is 25.0 Å². The minimum atomic E-state index is -2.80. The van der Waals surface area contributed by atoms with Gasteiger partial charge in [0.2, 0.25) is 0 Å². The van der Waals surface area contributed by atoms with E-state index in [1.807, 2.05) is 12.1 Å². The molecule has 2 aliphatic rings. The third kappa shape index (κ3) is 8.00. The highest BCUT2D eigenvalue weighted by molar-refractivity contribution is 6.43. The Hall–Kier alpha value is -3.01. The third-order valence-electron chi connectivity index (χ3n) is 7.09. The number of likely N-dealkylation sites (tertiary alicyclic amines) is 2. The molecule has 0 bridgehead atoms. The minimum absolute atomic E-state index is 0.141. The lowest BCUT2D eigenvalue weighted by Crippen LogP contribution is -2.50. The van der Waals surface area contributed by atoms with Crippen LogP contribution < -0.4 is 5.32 Å². The molecule has 1 aromatic rings. The summed E-state index contributed by atoms with van der Waals surface area (Å²) < 4.78 is 32.8. The topological polar surface area (TPSA) is 126 Å². The van der Waals surface area contributed by atoms with Crippen LogP contribution in [0.4, 0.5) is 13.6 Å². The largest absolute Gasteiger partial charge is 0.475 e. The Balaban J connectivity index is 1.63. The molecule has 1 unspecified atom stereocenters. The van der Waals surface area contributed by atoms with Crippen molar-refractivity contribution < 1.29 is 33.2 Å². The van der Waals surface area contributed by atoms with Crippen LogP contribution in [0.3, 0.4) is 0 Å². The highest BCUT2D eigenvalue weighted by Crippen LogP contribution is 2.33. The number of nitrogens with one attached hydrogen (secondary N) is 1. The van der Waals surface area contributed by atoms with Crippen LogP contribution >= 0.6 is 0 Å². The summed E-state index contributed by atoms with van der Waals surface area (Å²) in [6, 6.07) is 10.5. The molecule has 3 rings (SSSR count). The number of ether oxygens (including phenoxy) is 1. The van der Waals surface area contributed by atoms with E-state index in [0.717, 1.165) is 12.0 Å². The van der Waals surface area contributed by atoms with Crippen LogP contribution in [0.5, 0.6) is 0 Å². The Morgan fingerprint density at radius 3 is 2.61 bits per heavy atom. The number of benzene rings is 1. The first-order valence-corrected chi connectivity index (χ1v) is 12.8. The van der Waals surface area contributed by atoms with Crippen molar-refractivity contribution in [2.75, 3.05) is 26.2 Å². The highest BCUT2D eigenvalue weighted by Gasteiger charge is 2.43. The van der Waals surface area contributed by atoms with E-state index in [2.05, 4.69) is 5.32 Å². The maximum Gasteiger partial charge on any atom is 0.475 e. The van der Waals surface area contributed by atoms with Crippen molar-refractivity contribution in [1.82, 2.24) is 15.1 Å². The molecule has 2 atom stereocenters. The van der Waals surface area contributed by atoms with Crippen molar-refractivity contribution in [3.8, 4) is 6.07 Å². The zero-order valence-corrected chi connectivity index (χ0v) is 21.8. The first-order chi connectivity index (χ1) is 17.9. The average molecular weight is 532 g/mol. The quantitative estimate of drug-likeness (QED) is 0.253. The molecule has 12 heteroatoms. The number of hydrogen-bond donors (Lipinski definition) is 3. The molecule has 0 aromatic heterocycles. The van der Waals surface area contributed by atoms with Crippen molar-refractivity contribution >= 4 is 19.1 Å². The summed E-state index contributed by atoms with van der Waals surface area (Å²) in [6.07, 6.45) is 2.55. The van der Waals surface area contributed by atoms with Gasteiger partial charge in [-0.05, 0) is 51.2 Å². The summed E-state index contributed by atoms with van der Waals surface area (Å²) in [5.74, 6) is -4.33. The second-order valence-corrected chi connectivity index (χ2v) is 10.5. The SMILES string of the molecule is CC(C)(/C=C(/C#N)C(=O)N1CCCCC1COC(=O)N[C@@H](Cc1ccccc1)B(O)O)N1CCC(F)(F)C1. The molecule has 0 spiro atoms. The number of alkyl halides is 2. The number of amides is 2. The first-order valence-electron chi connectivity index (χ1n) is 12.8. The van der Waals surface area contributed by atoms with Crippen molar-refractivity contribution in [3.05, 3.63) is 47.5 Å². The lowest BCUT2D eigenvalue weighted by molar-refractivity contribution is -0.131. The number of alkyl carbamates (subject to hydrolysis) is 1. The molecular weight excluding hydrogens is 497 g/mol. The van der Waals surface area contributed by atoms with Crippen LogP contribution in [0.25, 0.3) is 0 Å². The molecule has 2 amide bonds. The molecule has 9 nitrogen and oxygen atoms in total. The summed E-state index contributed by atoms with van der Waals surface area (Å²) in [6.45, 7) is 3.33. The van der Waals surface area contributed by atoms with Gasteiger partial charge in [0.15, 0.2) is 0 Å². The maximum atomic E-state index is 13.8. The summed E-state index contributed by atoms with van der Waals surface area (Å²) in [5.41, 5.74) is -0.277.